The third-order valence-electron chi connectivity index (χ3n) is 9.54. The van der Waals surface area contributed by atoms with E-state index in [-0.39, 0.29) is 20.1 Å². The molecule has 1 fully saturated rings. The van der Waals surface area contributed by atoms with Gasteiger partial charge in [0.1, 0.15) is 0 Å². The number of rotatable bonds is 7. The molecular formula is C42H47IrN3OSi-2. The van der Waals surface area contributed by atoms with E-state index in [0.717, 1.165) is 51.2 Å². The summed E-state index contributed by atoms with van der Waals surface area (Å²) in [7, 11) is -1.34. The summed E-state index contributed by atoms with van der Waals surface area (Å²) in [6.45, 7) is 14.1. The minimum Gasteiger partial charge on any atom is -0.486 e. The van der Waals surface area contributed by atoms with Crippen LogP contribution in [0.3, 0.4) is 0 Å². The van der Waals surface area contributed by atoms with Gasteiger partial charge in [-0.15, -0.1) is 54.1 Å². The zero-order chi connectivity index (χ0) is 33.0. The van der Waals surface area contributed by atoms with Crippen molar-refractivity contribution in [3.63, 3.8) is 0 Å². The van der Waals surface area contributed by atoms with Gasteiger partial charge in [-0.25, -0.2) is 4.98 Å². The molecule has 6 heteroatoms. The summed E-state index contributed by atoms with van der Waals surface area (Å²) in [5.41, 5.74) is 8.31. The van der Waals surface area contributed by atoms with E-state index in [2.05, 4.69) is 98.0 Å². The van der Waals surface area contributed by atoms with Crippen molar-refractivity contribution in [2.75, 3.05) is 0 Å². The van der Waals surface area contributed by atoms with Crippen LogP contribution in [0.25, 0.3) is 44.6 Å². The van der Waals surface area contributed by atoms with Gasteiger partial charge in [0.2, 0.25) is 5.71 Å². The molecule has 0 saturated heterocycles. The van der Waals surface area contributed by atoms with Crippen LogP contribution in [0, 0.1) is 24.0 Å². The maximum Gasteiger partial charge on any atom is 0.216 e. The van der Waals surface area contributed by atoms with Gasteiger partial charge in [-0.3, -0.25) is 0 Å². The molecule has 6 aromatic rings. The fourth-order valence-electron chi connectivity index (χ4n) is 7.02. The zero-order valence-corrected chi connectivity index (χ0v) is 32.5. The van der Waals surface area contributed by atoms with E-state index >= 15 is 0 Å². The first-order chi connectivity index (χ1) is 22.7. The molecule has 1 aliphatic carbocycles. The number of pyridine rings is 3. The molecule has 2 aromatic carbocycles. The molecule has 0 amide bonds. The van der Waals surface area contributed by atoms with E-state index in [9.17, 15) is 0 Å². The van der Waals surface area contributed by atoms with Crippen molar-refractivity contribution in [2.24, 2.45) is 11.8 Å². The van der Waals surface area contributed by atoms with Crippen LogP contribution in [0.2, 0.25) is 19.6 Å². The SMILES string of the molecule is CC(C)Cc1cc(-c2[c-]cccc2)ncc1[Si](C)(C)C.CC(c1ccnc(-c2[c-]ccc3c2oc2ncccc23)c1)C1CCCCC1.[Ir]. The van der Waals surface area contributed by atoms with Crippen molar-refractivity contribution in [3.8, 4) is 22.5 Å². The second-order valence-corrected chi connectivity index (χ2v) is 19.6. The summed E-state index contributed by atoms with van der Waals surface area (Å²) in [6.07, 6.45) is 13.7. The van der Waals surface area contributed by atoms with Gasteiger partial charge in [0, 0.05) is 44.1 Å². The van der Waals surface area contributed by atoms with Gasteiger partial charge in [0.05, 0.1) is 13.7 Å². The van der Waals surface area contributed by atoms with E-state index in [1.807, 2.05) is 48.7 Å². The largest absolute Gasteiger partial charge is 0.486 e. The van der Waals surface area contributed by atoms with Crippen LogP contribution < -0.4 is 5.19 Å². The molecule has 0 bridgehead atoms. The zero-order valence-electron chi connectivity index (χ0n) is 29.1. The average Bonchev–Trinajstić information content (AvgIpc) is 3.47. The molecule has 1 saturated carbocycles. The Bertz CT molecular complexity index is 1940. The standard InChI is InChI=1S/C24H23N2O.C18H24NSi.Ir/c1-16(17-7-3-2-4-8-17)18-12-14-25-22(15-18)21-10-5-9-19-20-11-6-13-26-24(20)27-23(19)21;1-14(2)11-16-12-17(15-9-7-6-8-10-15)19-13-18(16)20(3,4)5;/h5-6,9,11-17H,2-4,7-8H2,1H3;6-9,12-14H,11H2,1-5H3;/q2*-1;. The fraction of sp³-hybridized carbons (Fsp3) is 0.357. The minimum atomic E-state index is -1.34. The summed E-state index contributed by atoms with van der Waals surface area (Å²) in [6, 6.07) is 29.4. The van der Waals surface area contributed by atoms with Crippen LogP contribution in [0.15, 0.2) is 89.7 Å². The van der Waals surface area contributed by atoms with Crippen LogP contribution in [-0.2, 0) is 26.5 Å². The number of benzene rings is 2. The quantitative estimate of drug-likeness (QED) is 0.119. The molecule has 0 N–H and O–H groups in total. The first-order valence-electron chi connectivity index (χ1n) is 17.3. The Morgan fingerprint density at radius 3 is 2.35 bits per heavy atom. The van der Waals surface area contributed by atoms with Crippen LogP contribution in [-0.4, -0.2) is 23.0 Å². The molecule has 1 radical (unpaired) electrons. The first-order valence-corrected chi connectivity index (χ1v) is 20.8. The summed E-state index contributed by atoms with van der Waals surface area (Å²) in [5.74, 6) is 2.01. The Balaban J connectivity index is 0.000000193. The van der Waals surface area contributed by atoms with Crippen molar-refractivity contribution >= 4 is 35.3 Å². The predicted octanol–water partition coefficient (Wildman–Crippen LogP) is 10.8. The third-order valence-corrected chi connectivity index (χ3v) is 11.6. The first kappa shape index (κ1) is 35.9. The predicted molar refractivity (Wildman–Crippen MR) is 199 cm³/mol. The smallest absolute Gasteiger partial charge is 0.216 e. The number of furan rings is 1. The van der Waals surface area contributed by atoms with Crippen molar-refractivity contribution in [2.45, 2.75) is 84.9 Å². The third kappa shape index (κ3) is 8.22. The molecular weight excluding hydrogens is 783 g/mol. The molecule has 1 atom stereocenters. The summed E-state index contributed by atoms with van der Waals surface area (Å²) < 4.78 is 6.07. The number of nitrogens with zero attached hydrogens (tertiary/aromatic N) is 3. The molecule has 7 rings (SSSR count). The Morgan fingerprint density at radius 2 is 1.62 bits per heavy atom. The van der Waals surface area contributed by atoms with E-state index in [0.29, 0.717) is 17.5 Å². The summed E-state index contributed by atoms with van der Waals surface area (Å²) in [5, 5.41) is 3.60. The molecule has 251 valence electrons. The Morgan fingerprint density at radius 1 is 0.812 bits per heavy atom. The number of hydrogen-bond donors (Lipinski definition) is 0. The molecule has 0 spiro atoms. The number of fused-ring (bicyclic) bond motifs is 3. The van der Waals surface area contributed by atoms with Crippen LogP contribution in [0.5, 0.6) is 0 Å². The molecule has 4 aromatic heterocycles. The second-order valence-electron chi connectivity index (χ2n) is 14.6. The maximum atomic E-state index is 6.07. The Hall–Kier alpha value is -3.44. The molecule has 4 heterocycles. The molecule has 4 nitrogen and oxygen atoms in total. The van der Waals surface area contributed by atoms with Crippen molar-refractivity contribution in [3.05, 3.63) is 109 Å². The van der Waals surface area contributed by atoms with Gasteiger partial charge in [0.25, 0.3) is 0 Å². The number of hydrogen-bond acceptors (Lipinski definition) is 4. The van der Waals surface area contributed by atoms with E-state index in [4.69, 9.17) is 4.42 Å². The van der Waals surface area contributed by atoms with Crippen molar-refractivity contribution in [1.82, 2.24) is 15.0 Å². The van der Waals surface area contributed by atoms with Crippen LogP contribution in [0.1, 0.15) is 69.9 Å². The fourth-order valence-corrected chi connectivity index (χ4v) is 8.61. The van der Waals surface area contributed by atoms with E-state index in [1.165, 1.54) is 48.4 Å². The van der Waals surface area contributed by atoms with Gasteiger partial charge in [-0.1, -0.05) is 93.9 Å². The summed E-state index contributed by atoms with van der Waals surface area (Å²) >= 11 is 0. The topological polar surface area (TPSA) is 51.8 Å². The minimum absolute atomic E-state index is 0. The molecule has 0 aliphatic heterocycles. The van der Waals surface area contributed by atoms with Crippen molar-refractivity contribution in [1.29, 1.82) is 0 Å². The van der Waals surface area contributed by atoms with Gasteiger partial charge >= 0.3 is 0 Å². The van der Waals surface area contributed by atoms with Crippen LogP contribution in [0.4, 0.5) is 0 Å². The second kappa shape index (κ2) is 15.8. The van der Waals surface area contributed by atoms with Crippen molar-refractivity contribution < 1.29 is 24.5 Å². The number of aromatic nitrogens is 3. The van der Waals surface area contributed by atoms with Gasteiger partial charge in [-0.2, -0.15) is 0 Å². The average molecular weight is 830 g/mol. The summed E-state index contributed by atoms with van der Waals surface area (Å²) in [4.78, 5) is 13.7. The van der Waals surface area contributed by atoms with Gasteiger partial charge < -0.3 is 14.4 Å². The van der Waals surface area contributed by atoms with Gasteiger partial charge in [-0.05, 0) is 71.8 Å². The van der Waals surface area contributed by atoms with Crippen LogP contribution >= 0.6 is 0 Å². The molecule has 48 heavy (non-hydrogen) atoms. The normalized spacial score (nSPS) is 14.4. The molecule has 1 aliphatic rings. The maximum absolute atomic E-state index is 6.07. The van der Waals surface area contributed by atoms with E-state index in [1.54, 1.807) is 6.20 Å². The molecule has 1 unspecified atom stereocenters. The monoisotopic (exact) mass is 830 g/mol. The Kier molecular flexibility index (Phi) is 11.8. The Labute approximate surface area is 301 Å². The van der Waals surface area contributed by atoms with Gasteiger partial charge in [0.15, 0.2) is 0 Å². The van der Waals surface area contributed by atoms with E-state index < -0.39 is 8.07 Å².